The molecule has 2 nitrogen and oxygen atoms in total. The van der Waals surface area contributed by atoms with Crippen molar-refractivity contribution in [2.45, 2.75) is 45.6 Å². The van der Waals surface area contributed by atoms with Crippen LogP contribution in [0.5, 0.6) is 0 Å². The summed E-state index contributed by atoms with van der Waals surface area (Å²) in [5, 5.41) is 0. The SMILES string of the molecule is CCCN(CCC)CC(N)(CC)c1ccc(F)cc1. The Labute approximate surface area is 116 Å². The molecule has 0 aliphatic heterocycles. The number of nitrogens with zero attached hydrogens (tertiary/aromatic N) is 1. The number of rotatable bonds is 8. The minimum Gasteiger partial charge on any atom is -0.320 e. The third-order valence-electron chi connectivity index (χ3n) is 3.64. The lowest BCUT2D eigenvalue weighted by Gasteiger charge is -2.35. The van der Waals surface area contributed by atoms with Crippen LogP contribution in [-0.4, -0.2) is 24.5 Å². The normalized spacial score (nSPS) is 14.6. The molecule has 19 heavy (non-hydrogen) atoms. The highest BCUT2D eigenvalue weighted by Gasteiger charge is 2.27. The molecule has 2 N–H and O–H groups in total. The zero-order valence-corrected chi connectivity index (χ0v) is 12.5. The van der Waals surface area contributed by atoms with Gasteiger partial charge in [0, 0.05) is 6.54 Å². The second kappa shape index (κ2) is 7.61. The van der Waals surface area contributed by atoms with Crippen molar-refractivity contribution in [3.05, 3.63) is 35.6 Å². The van der Waals surface area contributed by atoms with E-state index >= 15 is 0 Å². The monoisotopic (exact) mass is 266 g/mol. The van der Waals surface area contributed by atoms with Gasteiger partial charge in [0.15, 0.2) is 0 Å². The van der Waals surface area contributed by atoms with Crippen LogP contribution in [0, 0.1) is 5.82 Å². The third-order valence-corrected chi connectivity index (χ3v) is 3.64. The smallest absolute Gasteiger partial charge is 0.123 e. The van der Waals surface area contributed by atoms with Gasteiger partial charge in [-0.05, 0) is 50.0 Å². The van der Waals surface area contributed by atoms with E-state index in [1.54, 1.807) is 0 Å². The van der Waals surface area contributed by atoms with Crippen molar-refractivity contribution >= 4 is 0 Å². The average Bonchev–Trinajstić information content (AvgIpc) is 2.40. The summed E-state index contributed by atoms with van der Waals surface area (Å²) < 4.78 is 13.0. The molecule has 0 radical (unpaired) electrons. The Morgan fingerprint density at radius 2 is 1.58 bits per heavy atom. The van der Waals surface area contributed by atoms with Crippen LogP contribution in [0.2, 0.25) is 0 Å². The Morgan fingerprint density at radius 3 is 2.00 bits per heavy atom. The van der Waals surface area contributed by atoms with Crippen LogP contribution in [0.4, 0.5) is 4.39 Å². The Morgan fingerprint density at radius 1 is 1.05 bits per heavy atom. The molecule has 0 saturated heterocycles. The van der Waals surface area contributed by atoms with Crippen molar-refractivity contribution < 1.29 is 4.39 Å². The second-order valence-electron chi connectivity index (χ2n) is 5.29. The molecule has 1 rings (SSSR count). The summed E-state index contributed by atoms with van der Waals surface area (Å²) in [6, 6.07) is 6.62. The molecule has 0 bridgehead atoms. The largest absolute Gasteiger partial charge is 0.320 e. The summed E-state index contributed by atoms with van der Waals surface area (Å²) >= 11 is 0. The van der Waals surface area contributed by atoms with Crippen LogP contribution in [0.25, 0.3) is 0 Å². The number of hydrogen-bond acceptors (Lipinski definition) is 2. The zero-order valence-electron chi connectivity index (χ0n) is 12.5. The van der Waals surface area contributed by atoms with E-state index in [0.29, 0.717) is 0 Å². The molecule has 0 spiro atoms. The minimum absolute atomic E-state index is 0.207. The van der Waals surface area contributed by atoms with Crippen LogP contribution in [-0.2, 0) is 5.54 Å². The molecule has 0 heterocycles. The van der Waals surface area contributed by atoms with Gasteiger partial charge in [0.2, 0.25) is 0 Å². The molecule has 0 fully saturated rings. The molecule has 108 valence electrons. The van der Waals surface area contributed by atoms with Crippen molar-refractivity contribution in [3.63, 3.8) is 0 Å². The highest BCUT2D eigenvalue weighted by molar-refractivity contribution is 5.25. The Bertz CT molecular complexity index is 358. The number of benzene rings is 1. The first-order valence-electron chi connectivity index (χ1n) is 7.33. The number of hydrogen-bond donors (Lipinski definition) is 1. The maximum atomic E-state index is 13.0. The summed E-state index contributed by atoms with van der Waals surface area (Å²) in [5.74, 6) is -0.207. The molecular formula is C16H27FN2. The van der Waals surface area contributed by atoms with Crippen LogP contribution in [0.1, 0.15) is 45.6 Å². The van der Waals surface area contributed by atoms with Crippen LogP contribution >= 0.6 is 0 Å². The standard InChI is InChI=1S/C16H27FN2/c1-4-11-19(12-5-2)13-16(18,6-3)14-7-9-15(17)10-8-14/h7-10H,4-6,11-13,18H2,1-3H3. The Balaban J connectivity index is 2.86. The molecule has 3 heteroatoms. The first kappa shape index (κ1) is 16.1. The van der Waals surface area contributed by atoms with E-state index in [1.165, 1.54) is 12.1 Å². The van der Waals surface area contributed by atoms with E-state index < -0.39 is 5.54 Å². The van der Waals surface area contributed by atoms with Crippen molar-refractivity contribution in [1.29, 1.82) is 0 Å². The van der Waals surface area contributed by atoms with Gasteiger partial charge in [-0.15, -0.1) is 0 Å². The van der Waals surface area contributed by atoms with Gasteiger partial charge in [-0.2, -0.15) is 0 Å². The van der Waals surface area contributed by atoms with E-state index in [9.17, 15) is 4.39 Å². The summed E-state index contributed by atoms with van der Waals surface area (Å²) in [4.78, 5) is 2.41. The predicted octanol–water partition coefficient (Wildman–Crippen LogP) is 3.51. The van der Waals surface area contributed by atoms with E-state index in [1.807, 2.05) is 12.1 Å². The summed E-state index contributed by atoms with van der Waals surface area (Å²) in [5.41, 5.74) is 7.20. The molecule has 0 saturated carbocycles. The van der Waals surface area contributed by atoms with Crippen LogP contribution in [0.3, 0.4) is 0 Å². The molecular weight excluding hydrogens is 239 g/mol. The van der Waals surface area contributed by atoms with Crippen molar-refractivity contribution in [2.24, 2.45) is 5.73 Å². The molecule has 0 aliphatic carbocycles. The van der Waals surface area contributed by atoms with Gasteiger partial charge in [-0.3, -0.25) is 0 Å². The van der Waals surface area contributed by atoms with Crippen LogP contribution in [0.15, 0.2) is 24.3 Å². The molecule has 0 amide bonds. The summed E-state index contributed by atoms with van der Waals surface area (Å²) in [7, 11) is 0. The molecule has 1 atom stereocenters. The lowest BCUT2D eigenvalue weighted by atomic mass is 9.87. The van der Waals surface area contributed by atoms with Gasteiger partial charge < -0.3 is 10.6 Å². The van der Waals surface area contributed by atoms with Crippen molar-refractivity contribution in [2.75, 3.05) is 19.6 Å². The lowest BCUT2D eigenvalue weighted by Crippen LogP contribution is -2.47. The Hall–Kier alpha value is -0.930. The zero-order chi connectivity index (χ0) is 14.3. The van der Waals surface area contributed by atoms with Gasteiger partial charge in [0.25, 0.3) is 0 Å². The first-order chi connectivity index (χ1) is 9.05. The van der Waals surface area contributed by atoms with E-state index in [0.717, 1.165) is 44.5 Å². The van der Waals surface area contributed by atoms with Crippen molar-refractivity contribution in [1.82, 2.24) is 4.90 Å². The maximum Gasteiger partial charge on any atom is 0.123 e. The highest BCUT2D eigenvalue weighted by Crippen LogP contribution is 2.24. The fourth-order valence-electron chi connectivity index (χ4n) is 2.49. The predicted molar refractivity (Wildman–Crippen MR) is 79.6 cm³/mol. The molecule has 1 aromatic carbocycles. The van der Waals surface area contributed by atoms with Crippen LogP contribution < -0.4 is 5.73 Å². The van der Waals surface area contributed by atoms with Gasteiger partial charge >= 0.3 is 0 Å². The topological polar surface area (TPSA) is 29.3 Å². The Kier molecular flexibility index (Phi) is 6.46. The fraction of sp³-hybridized carbons (Fsp3) is 0.625. The van der Waals surface area contributed by atoms with Gasteiger partial charge in [0.1, 0.15) is 5.82 Å². The molecule has 0 aliphatic rings. The minimum atomic E-state index is -0.391. The fourth-order valence-corrected chi connectivity index (χ4v) is 2.49. The number of nitrogens with two attached hydrogens (primary N) is 1. The maximum absolute atomic E-state index is 13.0. The molecule has 1 unspecified atom stereocenters. The summed E-state index contributed by atoms with van der Waals surface area (Å²) in [6.07, 6.45) is 3.11. The lowest BCUT2D eigenvalue weighted by molar-refractivity contribution is 0.203. The van der Waals surface area contributed by atoms with E-state index in [-0.39, 0.29) is 5.82 Å². The second-order valence-corrected chi connectivity index (χ2v) is 5.29. The quantitative estimate of drug-likeness (QED) is 0.780. The summed E-state index contributed by atoms with van der Waals surface area (Å²) in [6.45, 7) is 9.42. The average molecular weight is 266 g/mol. The van der Waals surface area contributed by atoms with E-state index in [2.05, 4.69) is 25.7 Å². The highest BCUT2D eigenvalue weighted by atomic mass is 19.1. The van der Waals surface area contributed by atoms with E-state index in [4.69, 9.17) is 5.73 Å². The van der Waals surface area contributed by atoms with Gasteiger partial charge in [-0.25, -0.2) is 4.39 Å². The van der Waals surface area contributed by atoms with Gasteiger partial charge in [0.05, 0.1) is 5.54 Å². The molecule has 0 aromatic heterocycles. The molecule has 1 aromatic rings. The number of halogens is 1. The first-order valence-corrected chi connectivity index (χ1v) is 7.33. The third kappa shape index (κ3) is 4.59. The van der Waals surface area contributed by atoms with Crippen molar-refractivity contribution in [3.8, 4) is 0 Å². The van der Waals surface area contributed by atoms with Gasteiger partial charge in [-0.1, -0.05) is 32.9 Å².